The van der Waals surface area contributed by atoms with E-state index in [1.807, 2.05) is 0 Å². The van der Waals surface area contributed by atoms with E-state index in [4.69, 9.17) is 4.52 Å². The summed E-state index contributed by atoms with van der Waals surface area (Å²) in [6.07, 6.45) is 4.94. The first kappa shape index (κ1) is 16.4. The van der Waals surface area contributed by atoms with Crippen molar-refractivity contribution in [1.82, 2.24) is 29.9 Å². The first-order chi connectivity index (χ1) is 12.6. The summed E-state index contributed by atoms with van der Waals surface area (Å²) in [6.45, 7) is 0.0310. The quantitative estimate of drug-likeness (QED) is 0.546. The van der Waals surface area contributed by atoms with Crippen LogP contribution in [0.15, 0.2) is 59.5 Å². The van der Waals surface area contributed by atoms with E-state index in [-0.39, 0.29) is 12.3 Å². The topological polar surface area (TPSA) is 116 Å². The Hall–Kier alpha value is -3.11. The Balaban J connectivity index is 1.45. The maximum absolute atomic E-state index is 12.3. The molecule has 3 aromatic heterocycles. The molecule has 0 bridgehead atoms. The molecule has 0 atom stereocenters. The Labute approximate surface area is 148 Å². The van der Waals surface area contributed by atoms with Gasteiger partial charge < -0.3 is 4.52 Å². The summed E-state index contributed by atoms with van der Waals surface area (Å²) < 4.78 is 33.9. The van der Waals surface area contributed by atoms with Gasteiger partial charge in [-0.3, -0.25) is 4.98 Å². The first-order valence-electron chi connectivity index (χ1n) is 7.73. The van der Waals surface area contributed by atoms with E-state index in [9.17, 15) is 8.42 Å². The summed E-state index contributed by atoms with van der Waals surface area (Å²) in [6, 6.07) is 10.7. The van der Waals surface area contributed by atoms with Crippen LogP contribution in [0.25, 0.3) is 16.7 Å². The molecule has 26 heavy (non-hydrogen) atoms. The zero-order chi connectivity index (χ0) is 18.0. The molecule has 0 saturated carbocycles. The average molecular weight is 370 g/mol. The molecule has 0 fully saturated rings. The molecule has 0 aliphatic rings. The van der Waals surface area contributed by atoms with Gasteiger partial charge >= 0.3 is 0 Å². The first-order valence-corrected chi connectivity index (χ1v) is 9.38. The number of hydrogen-bond donors (Lipinski definition) is 1. The number of benzene rings is 1. The fraction of sp³-hybridized carbons (Fsp3) is 0.125. The van der Waals surface area contributed by atoms with Crippen LogP contribution in [0.4, 0.5) is 0 Å². The Morgan fingerprint density at radius 2 is 1.92 bits per heavy atom. The van der Waals surface area contributed by atoms with E-state index in [0.29, 0.717) is 22.4 Å². The molecule has 0 saturated heterocycles. The third-order valence-corrected chi connectivity index (χ3v) is 4.96. The summed E-state index contributed by atoms with van der Waals surface area (Å²) in [4.78, 5) is 3.94. The zero-order valence-electron chi connectivity index (χ0n) is 13.5. The number of sulfonamides is 1. The van der Waals surface area contributed by atoms with Crippen LogP contribution < -0.4 is 4.72 Å². The minimum atomic E-state index is -3.61. The molecule has 1 N–H and O–H groups in total. The van der Waals surface area contributed by atoms with Crippen LogP contribution in [0.5, 0.6) is 0 Å². The smallest absolute Gasteiger partial charge is 0.217 e. The fourth-order valence-electron chi connectivity index (χ4n) is 2.46. The third kappa shape index (κ3) is 3.46. The van der Waals surface area contributed by atoms with Crippen LogP contribution in [0, 0.1) is 0 Å². The predicted octanol–water partition coefficient (Wildman–Crippen LogP) is 1.42. The van der Waals surface area contributed by atoms with Gasteiger partial charge in [0.15, 0.2) is 5.58 Å². The second kappa shape index (κ2) is 6.65. The summed E-state index contributed by atoms with van der Waals surface area (Å²) >= 11 is 0. The normalized spacial score (nSPS) is 11.8. The number of hydrogen-bond acceptors (Lipinski definition) is 7. The van der Waals surface area contributed by atoms with Gasteiger partial charge in [-0.25, -0.2) is 17.8 Å². The Bertz CT molecular complexity index is 1140. The van der Waals surface area contributed by atoms with Crippen LogP contribution in [0.1, 0.15) is 11.4 Å². The maximum Gasteiger partial charge on any atom is 0.217 e. The zero-order valence-corrected chi connectivity index (χ0v) is 14.3. The number of nitrogens with one attached hydrogen (secondary N) is 1. The minimum absolute atomic E-state index is 0.0310. The molecule has 0 unspecified atom stereocenters. The lowest BCUT2D eigenvalue weighted by Gasteiger charge is -2.03. The lowest BCUT2D eigenvalue weighted by Crippen LogP contribution is -2.25. The number of fused-ring (bicyclic) bond motifs is 1. The molecule has 0 aliphatic carbocycles. The highest BCUT2D eigenvalue weighted by Crippen LogP contribution is 2.19. The second-order valence-electron chi connectivity index (χ2n) is 5.57. The van der Waals surface area contributed by atoms with Gasteiger partial charge in [-0.2, -0.15) is 0 Å². The van der Waals surface area contributed by atoms with Crippen LogP contribution in [-0.4, -0.2) is 33.6 Å². The molecule has 0 amide bonds. The van der Waals surface area contributed by atoms with Crippen molar-refractivity contribution in [1.29, 1.82) is 0 Å². The minimum Gasteiger partial charge on any atom is -0.356 e. The molecular formula is C16H14N6O3S. The van der Waals surface area contributed by atoms with Crippen molar-refractivity contribution in [3.63, 3.8) is 0 Å². The lowest BCUT2D eigenvalue weighted by molar-refractivity contribution is 0.448. The Kier molecular flexibility index (Phi) is 4.19. The van der Waals surface area contributed by atoms with Gasteiger partial charge in [-0.05, 0) is 24.3 Å². The molecule has 1 aromatic carbocycles. The predicted molar refractivity (Wildman–Crippen MR) is 92.6 cm³/mol. The van der Waals surface area contributed by atoms with Crippen molar-refractivity contribution >= 4 is 21.0 Å². The van der Waals surface area contributed by atoms with Gasteiger partial charge in [0, 0.05) is 17.8 Å². The van der Waals surface area contributed by atoms with Crippen molar-refractivity contribution in [3.05, 3.63) is 66.4 Å². The highest BCUT2D eigenvalue weighted by Gasteiger charge is 2.18. The van der Waals surface area contributed by atoms with E-state index in [1.54, 1.807) is 59.7 Å². The van der Waals surface area contributed by atoms with Crippen molar-refractivity contribution in [2.75, 3.05) is 0 Å². The lowest BCUT2D eigenvalue weighted by atomic mass is 10.2. The number of para-hydroxylation sites is 1. The van der Waals surface area contributed by atoms with Crippen molar-refractivity contribution in [2.45, 2.75) is 12.3 Å². The highest BCUT2D eigenvalue weighted by atomic mass is 32.2. The molecule has 9 nitrogen and oxygen atoms in total. The van der Waals surface area contributed by atoms with E-state index in [2.05, 4.69) is 25.2 Å². The Morgan fingerprint density at radius 1 is 1.12 bits per heavy atom. The summed E-state index contributed by atoms with van der Waals surface area (Å²) in [5.74, 6) is -0.275. The maximum atomic E-state index is 12.3. The summed E-state index contributed by atoms with van der Waals surface area (Å²) in [5.41, 5.74) is 2.21. The standard InChI is InChI=1S/C16H14N6O3S/c23-26(24,11-15-14-3-1-2-4-16(14)25-20-15)18-9-12-10-22(21-19-12)13-5-7-17-8-6-13/h1-8,10,18H,9,11H2. The number of nitrogens with zero attached hydrogens (tertiary/aromatic N) is 5. The summed E-state index contributed by atoms with van der Waals surface area (Å²) in [5, 5.41) is 12.5. The Morgan fingerprint density at radius 3 is 2.77 bits per heavy atom. The number of rotatable bonds is 6. The van der Waals surface area contributed by atoms with E-state index in [0.717, 1.165) is 5.69 Å². The molecule has 0 radical (unpaired) electrons. The van der Waals surface area contributed by atoms with Crippen LogP contribution >= 0.6 is 0 Å². The van der Waals surface area contributed by atoms with Crippen molar-refractivity contribution < 1.29 is 12.9 Å². The van der Waals surface area contributed by atoms with Gasteiger partial charge in [-0.1, -0.05) is 22.5 Å². The molecule has 3 heterocycles. The van der Waals surface area contributed by atoms with Crippen molar-refractivity contribution in [2.24, 2.45) is 0 Å². The van der Waals surface area contributed by atoms with Gasteiger partial charge in [0.05, 0.1) is 24.1 Å². The van der Waals surface area contributed by atoms with Crippen LogP contribution in [0.2, 0.25) is 0 Å². The van der Waals surface area contributed by atoms with Crippen molar-refractivity contribution in [3.8, 4) is 5.69 Å². The van der Waals surface area contributed by atoms with Gasteiger partial charge in [0.25, 0.3) is 0 Å². The number of pyridine rings is 1. The SMILES string of the molecule is O=S(=O)(Cc1noc2ccccc12)NCc1cn(-c2ccncc2)nn1. The van der Waals surface area contributed by atoms with Crippen LogP contribution in [0.3, 0.4) is 0 Å². The molecule has 0 spiro atoms. The molecule has 10 heteroatoms. The molecule has 4 rings (SSSR count). The van der Waals surface area contributed by atoms with E-state index >= 15 is 0 Å². The monoisotopic (exact) mass is 370 g/mol. The second-order valence-corrected chi connectivity index (χ2v) is 7.37. The van der Waals surface area contributed by atoms with Crippen LogP contribution in [-0.2, 0) is 22.3 Å². The van der Waals surface area contributed by atoms with E-state index in [1.165, 1.54) is 0 Å². The van der Waals surface area contributed by atoms with Gasteiger partial charge in [0.1, 0.15) is 11.4 Å². The average Bonchev–Trinajstić information content (AvgIpc) is 3.28. The number of aromatic nitrogens is 5. The fourth-order valence-corrected chi connectivity index (χ4v) is 3.50. The largest absolute Gasteiger partial charge is 0.356 e. The van der Waals surface area contributed by atoms with Gasteiger partial charge in [-0.15, -0.1) is 5.10 Å². The van der Waals surface area contributed by atoms with Gasteiger partial charge in [0.2, 0.25) is 10.0 Å². The molecule has 4 aromatic rings. The summed E-state index contributed by atoms with van der Waals surface area (Å²) in [7, 11) is -3.61. The molecule has 0 aliphatic heterocycles. The highest BCUT2D eigenvalue weighted by molar-refractivity contribution is 7.88. The van der Waals surface area contributed by atoms with E-state index < -0.39 is 10.0 Å². The molecule has 132 valence electrons. The molecular weight excluding hydrogens is 356 g/mol. The third-order valence-electron chi connectivity index (χ3n) is 3.72.